The fourth-order valence-electron chi connectivity index (χ4n) is 3.04. The van der Waals surface area contributed by atoms with Crippen molar-refractivity contribution >= 4 is 24.0 Å². The number of hydrogen-bond donors (Lipinski definition) is 1. The van der Waals surface area contributed by atoms with Gasteiger partial charge in [-0.25, -0.2) is 0 Å². The lowest BCUT2D eigenvalue weighted by Gasteiger charge is -2.34. The van der Waals surface area contributed by atoms with Gasteiger partial charge < -0.3 is 10.6 Å². The first-order valence-electron chi connectivity index (χ1n) is 8.36. The van der Waals surface area contributed by atoms with Crippen molar-refractivity contribution < 1.29 is 18.0 Å². The van der Waals surface area contributed by atoms with Crippen molar-refractivity contribution in [2.24, 2.45) is 0 Å². The summed E-state index contributed by atoms with van der Waals surface area (Å²) in [6, 6.07) is 12.1. The zero-order chi connectivity index (χ0) is 18.7. The normalized spacial score (nSPS) is 15.3. The van der Waals surface area contributed by atoms with Crippen LogP contribution in [0.1, 0.15) is 21.5 Å². The van der Waals surface area contributed by atoms with Gasteiger partial charge in [0.25, 0.3) is 5.91 Å². The zero-order valence-electron chi connectivity index (χ0n) is 14.6. The summed E-state index contributed by atoms with van der Waals surface area (Å²) in [5, 5.41) is 0. The van der Waals surface area contributed by atoms with E-state index in [1.165, 1.54) is 12.1 Å². The second-order valence-corrected chi connectivity index (χ2v) is 6.39. The SMILES string of the molecule is Cl.Nc1cccc(CN2CCN(C(=O)c3ccc(C(F)(F)F)cc3)CC2)c1. The van der Waals surface area contributed by atoms with Gasteiger partial charge in [0.05, 0.1) is 5.56 Å². The molecule has 0 saturated carbocycles. The molecule has 3 rings (SSSR count). The van der Waals surface area contributed by atoms with Crippen LogP contribution < -0.4 is 5.73 Å². The molecule has 1 saturated heterocycles. The maximum Gasteiger partial charge on any atom is 0.416 e. The molecule has 0 aromatic heterocycles. The van der Waals surface area contributed by atoms with Crippen LogP contribution in [0.3, 0.4) is 0 Å². The van der Waals surface area contributed by atoms with Gasteiger partial charge in [-0.1, -0.05) is 12.1 Å². The fourth-order valence-corrected chi connectivity index (χ4v) is 3.04. The van der Waals surface area contributed by atoms with Crippen molar-refractivity contribution in [1.82, 2.24) is 9.80 Å². The van der Waals surface area contributed by atoms with Crippen LogP contribution in [0.4, 0.5) is 18.9 Å². The monoisotopic (exact) mass is 399 g/mol. The zero-order valence-corrected chi connectivity index (χ0v) is 15.4. The highest BCUT2D eigenvalue weighted by atomic mass is 35.5. The Morgan fingerprint density at radius 1 is 1.00 bits per heavy atom. The Kier molecular flexibility index (Phi) is 6.73. The van der Waals surface area contributed by atoms with Gasteiger partial charge in [0.15, 0.2) is 0 Å². The molecule has 0 radical (unpaired) electrons. The van der Waals surface area contributed by atoms with E-state index in [4.69, 9.17) is 5.73 Å². The number of alkyl halides is 3. The summed E-state index contributed by atoms with van der Waals surface area (Å²) < 4.78 is 37.8. The summed E-state index contributed by atoms with van der Waals surface area (Å²) in [5.41, 5.74) is 7.16. The van der Waals surface area contributed by atoms with Gasteiger partial charge in [-0.3, -0.25) is 9.69 Å². The van der Waals surface area contributed by atoms with Crippen LogP contribution in [0.25, 0.3) is 0 Å². The molecule has 1 fully saturated rings. The number of nitrogen functional groups attached to an aromatic ring is 1. The predicted molar refractivity (Wildman–Crippen MR) is 101 cm³/mol. The number of hydrogen-bond acceptors (Lipinski definition) is 3. The number of carbonyl (C=O) groups is 1. The highest BCUT2D eigenvalue weighted by Gasteiger charge is 2.30. The standard InChI is InChI=1S/C19H20F3N3O.ClH/c20-19(21,22)16-6-4-15(5-7-16)18(26)25-10-8-24(9-11-25)13-14-2-1-3-17(23)12-14;/h1-7,12H,8-11,13,23H2;1H. The van der Waals surface area contributed by atoms with Gasteiger partial charge in [0, 0.05) is 44.0 Å². The third kappa shape index (κ3) is 5.37. The predicted octanol–water partition coefficient (Wildman–Crippen LogP) is 3.67. The minimum Gasteiger partial charge on any atom is -0.399 e. The molecule has 0 bridgehead atoms. The van der Waals surface area contributed by atoms with E-state index in [2.05, 4.69) is 4.90 Å². The molecule has 1 aliphatic rings. The highest BCUT2D eigenvalue weighted by Crippen LogP contribution is 2.29. The molecule has 146 valence electrons. The lowest BCUT2D eigenvalue weighted by atomic mass is 10.1. The van der Waals surface area contributed by atoms with Crippen molar-refractivity contribution in [2.45, 2.75) is 12.7 Å². The quantitative estimate of drug-likeness (QED) is 0.801. The maximum atomic E-state index is 12.6. The summed E-state index contributed by atoms with van der Waals surface area (Å²) in [5.74, 6) is -0.234. The third-order valence-corrected chi connectivity index (χ3v) is 4.48. The summed E-state index contributed by atoms with van der Waals surface area (Å²) in [6.07, 6.45) is -4.39. The number of nitrogens with two attached hydrogens (primary N) is 1. The molecular formula is C19H21ClF3N3O. The molecule has 1 aliphatic heterocycles. The molecule has 0 aliphatic carbocycles. The van der Waals surface area contributed by atoms with E-state index in [1.54, 1.807) is 4.90 Å². The van der Waals surface area contributed by atoms with Crippen molar-refractivity contribution in [3.05, 3.63) is 65.2 Å². The van der Waals surface area contributed by atoms with E-state index in [0.29, 0.717) is 26.2 Å². The molecule has 2 aromatic carbocycles. The lowest BCUT2D eigenvalue weighted by Crippen LogP contribution is -2.48. The van der Waals surface area contributed by atoms with Crippen LogP contribution in [0.15, 0.2) is 48.5 Å². The number of rotatable bonds is 3. The molecule has 2 aromatic rings. The number of benzene rings is 2. The van der Waals surface area contributed by atoms with E-state index >= 15 is 0 Å². The Bertz CT molecular complexity index is 773. The van der Waals surface area contributed by atoms with Crippen molar-refractivity contribution in [3.63, 3.8) is 0 Å². The van der Waals surface area contributed by atoms with Crippen LogP contribution >= 0.6 is 12.4 Å². The Balaban J connectivity index is 0.00000261. The van der Waals surface area contributed by atoms with Crippen LogP contribution in [0, 0.1) is 0 Å². The summed E-state index contributed by atoms with van der Waals surface area (Å²) >= 11 is 0. The first-order valence-corrected chi connectivity index (χ1v) is 8.36. The van der Waals surface area contributed by atoms with Crippen LogP contribution in [-0.4, -0.2) is 41.9 Å². The van der Waals surface area contributed by atoms with Crippen LogP contribution in [0.5, 0.6) is 0 Å². The molecule has 2 N–H and O–H groups in total. The molecule has 27 heavy (non-hydrogen) atoms. The van der Waals surface area contributed by atoms with Crippen LogP contribution in [-0.2, 0) is 12.7 Å². The topological polar surface area (TPSA) is 49.6 Å². The smallest absolute Gasteiger partial charge is 0.399 e. The van der Waals surface area contributed by atoms with Gasteiger partial charge >= 0.3 is 6.18 Å². The largest absolute Gasteiger partial charge is 0.416 e. The lowest BCUT2D eigenvalue weighted by molar-refractivity contribution is -0.137. The first-order chi connectivity index (χ1) is 12.3. The number of piperazine rings is 1. The van der Waals surface area contributed by atoms with Gasteiger partial charge in [0.2, 0.25) is 0 Å². The van der Waals surface area contributed by atoms with E-state index < -0.39 is 11.7 Å². The van der Waals surface area contributed by atoms with Gasteiger partial charge in [0.1, 0.15) is 0 Å². The molecule has 4 nitrogen and oxygen atoms in total. The average molecular weight is 400 g/mol. The Morgan fingerprint density at radius 3 is 2.19 bits per heavy atom. The van der Waals surface area contributed by atoms with Crippen LogP contribution in [0.2, 0.25) is 0 Å². The van der Waals surface area contributed by atoms with E-state index in [-0.39, 0.29) is 23.9 Å². The minimum atomic E-state index is -4.39. The van der Waals surface area contributed by atoms with E-state index in [9.17, 15) is 18.0 Å². The van der Waals surface area contributed by atoms with Gasteiger partial charge in [-0.2, -0.15) is 13.2 Å². The number of anilines is 1. The molecule has 8 heteroatoms. The molecular weight excluding hydrogens is 379 g/mol. The Labute approximate surface area is 162 Å². The average Bonchev–Trinajstić information content (AvgIpc) is 2.61. The fraction of sp³-hybridized carbons (Fsp3) is 0.316. The number of amides is 1. The van der Waals surface area contributed by atoms with Crippen molar-refractivity contribution in [1.29, 1.82) is 0 Å². The second kappa shape index (κ2) is 8.63. The van der Waals surface area contributed by atoms with Gasteiger partial charge in [-0.15, -0.1) is 12.4 Å². The molecule has 1 amide bonds. The molecule has 0 atom stereocenters. The van der Waals surface area contributed by atoms with Crippen molar-refractivity contribution in [2.75, 3.05) is 31.9 Å². The van der Waals surface area contributed by atoms with E-state index in [0.717, 1.165) is 29.9 Å². The Morgan fingerprint density at radius 2 is 1.63 bits per heavy atom. The molecule has 0 unspecified atom stereocenters. The second-order valence-electron chi connectivity index (χ2n) is 6.39. The maximum absolute atomic E-state index is 12.6. The minimum absolute atomic E-state index is 0. The summed E-state index contributed by atoms with van der Waals surface area (Å²) in [6.45, 7) is 3.26. The van der Waals surface area contributed by atoms with Crippen molar-refractivity contribution in [3.8, 4) is 0 Å². The Hall–Kier alpha value is -2.25. The summed E-state index contributed by atoms with van der Waals surface area (Å²) in [4.78, 5) is 16.4. The number of carbonyl (C=O) groups excluding carboxylic acids is 1. The summed E-state index contributed by atoms with van der Waals surface area (Å²) in [7, 11) is 0. The first kappa shape index (κ1) is 21.1. The third-order valence-electron chi connectivity index (χ3n) is 4.48. The number of halogens is 4. The highest BCUT2D eigenvalue weighted by molar-refractivity contribution is 5.94. The van der Waals surface area contributed by atoms with E-state index in [1.807, 2.05) is 24.3 Å². The van der Waals surface area contributed by atoms with Gasteiger partial charge in [-0.05, 0) is 42.0 Å². The molecule has 0 spiro atoms. The molecule has 1 heterocycles. The number of nitrogens with zero attached hydrogens (tertiary/aromatic N) is 2.